The van der Waals surface area contributed by atoms with Gasteiger partial charge in [0.1, 0.15) is 0 Å². The maximum Gasteiger partial charge on any atom is 0.219 e. The van der Waals surface area contributed by atoms with Gasteiger partial charge in [-0.15, -0.1) is 0 Å². The van der Waals surface area contributed by atoms with Gasteiger partial charge in [0.05, 0.1) is 11.4 Å². The molecule has 13 heavy (non-hydrogen) atoms. The van der Waals surface area contributed by atoms with Gasteiger partial charge in [-0.3, -0.25) is 9.48 Å². The summed E-state index contributed by atoms with van der Waals surface area (Å²) in [6, 6.07) is 0. The lowest BCUT2D eigenvalue weighted by molar-refractivity contribution is -0.117. The Kier molecular flexibility index (Phi) is 2.89. The quantitative estimate of drug-likeness (QED) is 0.689. The molecule has 72 valence electrons. The molecule has 3 N–H and O–H groups in total. The van der Waals surface area contributed by atoms with Crippen LogP contribution in [0.2, 0.25) is 0 Å². The van der Waals surface area contributed by atoms with E-state index in [1.54, 1.807) is 4.68 Å². The molecule has 1 aromatic heterocycles. The van der Waals surface area contributed by atoms with Gasteiger partial charge >= 0.3 is 0 Å². The standard InChI is InChI=1S/C8H14N4O/c1-6-7(5-12(2)11-6)10-4-3-8(9)13/h5,10H,3-4H2,1-2H3,(H2,9,13). The van der Waals surface area contributed by atoms with Gasteiger partial charge in [-0.25, -0.2) is 0 Å². The van der Waals surface area contributed by atoms with Crippen molar-refractivity contribution in [3.8, 4) is 0 Å². The number of carbonyl (C=O) groups excluding carboxylic acids is 1. The monoisotopic (exact) mass is 182 g/mol. The molecule has 1 amide bonds. The van der Waals surface area contributed by atoms with Crippen LogP contribution in [0.4, 0.5) is 5.69 Å². The number of hydrogen-bond acceptors (Lipinski definition) is 3. The summed E-state index contributed by atoms with van der Waals surface area (Å²) in [6.45, 7) is 2.47. The number of carbonyl (C=O) groups is 1. The Labute approximate surface area is 76.9 Å². The summed E-state index contributed by atoms with van der Waals surface area (Å²) >= 11 is 0. The summed E-state index contributed by atoms with van der Waals surface area (Å²) in [5.41, 5.74) is 6.87. The van der Waals surface area contributed by atoms with E-state index in [-0.39, 0.29) is 5.91 Å². The van der Waals surface area contributed by atoms with Crippen LogP contribution < -0.4 is 11.1 Å². The highest BCUT2D eigenvalue weighted by molar-refractivity contribution is 5.74. The van der Waals surface area contributed by atoms with Gasteiger partial charge in [0.15, 0.2) is 0 Å². The maximum atomic E-state index is 10.4. The van der Waals surface area contributed by atoms with Gasteiger partial charge < -0.3 is 11.1 Å². The van der Waals surface area contributed by atoms with E-state index in [9.17, 15) is 4.79 Å². The summed E-state index contributed by atoms with van der Waals surface area (Å²) in [7, 11) is 1.85. The summed E-state index contributed by atoms with van der Waals surface area (Å²) in [5, 5.41) is 7.23. The first-order valence-corrected chi connectivity index (χ1v) is 4.12. The highest BCUT2D eigenvalue weighted by atomic mass is 16.1. The van der Waals surface area contributed by atoms with Crippen LogP contribution in [-0.4, -0.2) is 22.2 Å². The lowest BCUT2D eigenvalue weighted by atomic mass is 10.3. The third-order valence-corrected chi connectivity index (χ3v) is 1.70. The van der Waals surface area contributed by atoms with Crippen LogP contribution in [0.3, 0.4) is 0 Å². The second kappa shape index (κ2) is 3.93. The molecule has 0 aliphatic heterocycles. The fourth-order valence-corrected chi connectivity index (χ4v) is 1.09. The van der Waals surface area contributed by atoms with Crippen molar-refractivity contribution in [1.82, 2.24) is 9.78 Å². The van der Waals surface area contributed by atoms with Gasteiger partial charge in [-0.1, -0.05) is 0 Å². The van der Waals surface area contributed by atoms with Crippen LogP contribution in [0.1, 0.15) is 12.1 Å². The number of rotatable bonds is 4. The zero-order valence-electron chi connectivity index (χ0n) is 7.87. The number of hydrogen-bond donors (Lipinski definition) is 2. The molecule has 0 aliphatic carbocycles. The number of nitrogens with zero attached hydrogens (tertiary/aromatic N) is 2. The number of nitrogens with two attached hydrogens (primary N) is 1. The Bertz CT molecular complexity index is 305. The first-order chi connectivity index (χ1) is 6.09. The number of amides is 1. The zero-order valence-corrected chi connectivity index (χ0v) is 7.87. The molecular formula is C8H14N4O. The SMILES string of the molecule is Cc1nn(C)cc1NCCC(N)=O. The van der Waals surface area contributed by atoms with E-state index >= 15 is 0 Å². The van der Waals surface area contributed by atoms with Crippen molar-refractivity contribution in [2.45, 2.75) is 13.3 Å². The Morgan fingerprint density at radius 2 is 2.46 bits per heavy atom. The molecular weight excluding hydrogens is 168 g/mol. The molecule has 1 rings (SSSR count). The predicted molar refractivity (Wildman–Crippen MR) is 50.2 cm³/mol. The summed E-state index contributed by atoms with van der Waals surface area (Å²) in [4.78, 5) is 10.4. The van der Waals surface area contributed by atoms with E-state index in [1.807, 2.05) is 20.2 Å². The largest absolute Gasteiger partial charge is 0.382 e. The van der Waals surface area contributed by atoms with Crippen LogP contribution in [0.25, 0.3) is 0 Å². The van der Waals surface area contributed by atoms with Crippen molar-refractivity contribution in [2.75, 3.05) is 11.9 Å². The molecule has 0 fully saturated rings. The predicted octanol–water partition coefficient (Wildman–Crippen LogP) is 0.0158. The molecule has 0 bridgehead atoms. The Morgan fingerprint density at radius 1 is 1.77 bits per heavy atom. The van der Waals surface area contributed by atoms with Gasteiger partial charge in [0.2, 0.25) is 5.91 Å². The van der Waals surface area contributed by atoms with E-state index in [0.717, 1.165) is 11.4 Å². The molecule has 0 saturated carbocycles. The van der Waals surface area contributed by atoms with Crippen molar-refractivity contribution in [2.24, 2.45) is 12.8 Å². The number of aryl methyl sites for hydroxylation is 2. The van der Waals surface area contributed by atoms with Gasteiger partial charge in [-0.2, -0.15) is 5.10 Å². The number of aromatic nitrogens is 2. The molecule has 1 heterocycles. The van der Waals surface area contributed by atoms with Gasteiger partial charge in [0.25, 0.3) is 0 Å². The van der Waals surface area contributed by atoms with Crippen LogP contribution in [0.5, 0.6) is 0 Å². The topological polar surface area (TPSA) is 72.9 Å². The molecule has 0 spiro atoms. The summed E-state index contributed by atoms with van der Waals surface area (Å²) in [5.74, 6) is -0.297. The fourth-order valence-electron chi connectivity index (χ4n) is 1.09. The van der Waals surface area contributed by atoms with Crippen molar-refractivity contribution in [3.63, 3.8) is 0 Å². The first kappa shape index (κ1) is 9.57. The Morgan fingerprint density at radius 3 is 2.92 bits per heavy atom. The molecule has 0 aliphatic rings. The van der Waals surface area contributed by atoms with Gasteiger partial charge in [-0.05, 0) is 6.92 Å². The lowest BCUT2D eigenvalue weighted by Crippen LogP contribution is -2.15. The average Bonchev–Trinajstić information content (AvgIpc) is 2.29. The third-order valence-electron chi connectivity index (χ3n) is 1.70. The second-order valence-electron chi connectivity index (χ2n) is 2.94. The minimum Gasteiger partial charge on any atom is -0.382 e. The Balaban J connectivity index is 2.45. The molecule has 1 aromatic rings. The van der Waals surface area contributed by atoms with Crippen LogP contribution in [-0.2, 0) is 11.8 Å². The average molecular weight is 182 g/mol. The van der Waals surface area contributed by atoms with Crippen LogP contribution in [0.15, 0.2) is 6.20 Å². The third kappa shape index (κ3) is 2.77. The molecule has 0 saturated heterocycles. The minimum absolute atomic E-state index is 0.297. The minimum atomic E-state index is -0.297. The summed E-state index contributed by atoms with van der Waals surface area (Å²) < 4.78 is 1.72. The molecule has 5 nitrogen and oxygen atoms in total. The summed E-state index contributed by atoms with van der Waals surface area (Å²) in [6.07, 6.45) is 2.21. The van der Waals surface area contributed by atoms with Crippen molar-refractivity contribution < 1.29 is 4.79 Å². The van der Waals surface area contributed by atoms with E-state index < -0.39 is 0 Å². The van der Waals surface area contributed by atoms with Crippen molar-refractivity contribution in [3.05, 3.63) is 11.9 Å². The fraction of sp³-hybridized carbons (Fsp3) is 0.500. The second-order valence-corrected chi connectivity index (χ2v) is 2.94. The lowest BCUT2D eigenvalue weighted by Gasteiger charge is -2.01. The highest BCUT2D eigenvalue weighted by Gasteiger charge is 2.01. The van der Waals surface area contributed by atoms with Crippen molar-refractivity contribution >= 4 is 11.6 Å². The van der Waals surface area contributed by atoms with E-state index in [4.69, 9.17) is 5.73 Å². The van der Waals surface area contributed by atoms with E-state index in [2.05, 4.69) is 10.4 Å². The highest BCUT2D eigenvalue weighted by Crippen LogP contribution is 2.10. The van der Waals surface area contributed by atoms with Crippen LogP contribution in [0, 0.1) is 6.92 Å². The number of anilines is 1. The molecule has 0 atom stereocenters. The Hall–Kier alpha value is -1.52. The van der Waals surface area contributed by atoms with E-state index in [0.29, 0.717) is 13.0 Å². The normalized spacial score (nSPS) is 10.0. The molecule has 0 radical (unpaired) electrons. The van der Waals surface area contributed by atoms with Gasteiger partial charge in [0, 0.05) is 26.2 Å². The molecule has 0 aromatic carbocycles. The molecule has 5 heteroatoms. The number of primary amides is 1. The maximum absolute atomic E-state index is 10.4. The molecule has 0 unspecified atom stereocenters. The smallest absolute Gasteiger partial charge is 0.219 e. The van der Waals surface area contributed by atoms with Crippen molar-refractivity contribution in [1.29, 1.82) is 0 Å². The van der Waals surface area contributed by atoms with Crippen LogP contribution >= 0.6 is 0 Å². The number of nitrogens with one attached hydrogen (secondary N) is 1. The van der Waals surface area contributed by atoms with E-state index in [1.165, 1.54) is 0 Å². The first-order valence-electron chi connectivity index (χ1n) is 4.12. The zero-order chi connectivity index (χ0) is 9.84.